The van der Waals surface area contributed by atoms with Crippen LogP contribution in [-0.4, -0.2) is 20.4 Å². The Balaban J connectivity index is 1.58. The summed E-state index contributed by atoms with van der Waals surface area (Å²) in [4.78, 5) is 31.1. The number of imidazole rings is 1. The number of benzene rings is 2. The SMILES string of the molecule is Cc1cc(=O)[nH]c2cc(NC(=O)Cn3cnc4ccccc43)ccc12. The van der Waals surface area contributed by atoms with Crippen LogP contribution in [0.1, 0.15) is 5.56 Å². The first-order valence-electron chi connectivity index (χ1n) is 7.93. The van der Waals surface area contributed by atoms with Crippen molar-refractivity contribution in [3.63, 3.8) is 0 Å². The molecule has 0 radical (unpaired) electrons. The van der Waals surface area contributed by atoms with Crippen LogP contribution in [0.25, 0.3) is 21.9 Å². The summed E-state index contributed by atoms with van der Waals surface area (Å²) in [6.07, 6.45) is 1.66. The fraction of sp³-hybridized carbons (Fsp3) is 0.105. The minimum absolute atomic E-state index is 0.154. The maximum Gasteiger partial charge on any atom is 0.248 e. The number of anilines is 1. The van der Waals surface area contributed by atoms with E-state index in [0.717, 1.165) is 22.0 Å². The number of aromatic nitrogens is 3. The molecule has 0 saturated heterocycles. The summed E-state index contributed by atoms with van der Waals surface area (Å²) in [5.41, 5.74) is 3.86. The van der Waals surface area contributed by atoms with Crippen molar-refractivity contribution in [3.8, 4) is 0 Å². The summed E-state index contributed by atoms with van der Waals surface area (Å²) in [6.45, 7) is 2.06. The highest BCUT2D eigenvalue weighted by Crippen LogP contribution is 2.19. The average Bonchev–Trinajstić information content (AvgIpc) is 2.97. The number of carbonyl (C=O) groups excluding carboxylic acids is 1. The van der Waals surface area contributed by atoms with E-state index < -0.39 is 0 Å². The number of amides is 1. The third-order valence-electron chi connectivity index (χ3n) is 4.17. The Hall–Kier alpha value is -3.41. The van der Waals surface area contributed by atoms with Gasteiger partial charge >= 0.3 is 0 Å². The lowest BCUT2D eigenvalue weighted by Crippen LogP contribution is -2.18. The molecule has 0 aliphatic heterocycles. The molecule has 25 heavy (non-hydrogen) atoms. The van der Waals surface area contributed by atoms with Gasteiger partial charge in [0.15, 0.2) is 0 Å². The normalized spacial score (nSPS) is 11.1. The Morgan fingerprint density at radius 3 is 2.92 bits per heavy atom. The molecule has 0 unspecified atom stereocenters. The van der Waals surface area contributed by atoms with E-state index in [1.807, 2.05) is 43.3 Å². The van der Waals surface area contributed by atoms with Crippen molar-refractivity contribution < 1.29 is 4.79 Å². The smallest absolute Gasteiger partial charge is 0.248 e. The standard InChI is InChI=1S/C19H16N4O2/c1-12-8-18(24)22-16-9-13(6-7-14(12)16)21-19(25)10-23-11-20-15-4-2-3-5-17(15)23/h2-9,11H,10H2,1H3,(H,21,25)(H,22,24). The minimum Gasteiger partial charge on any atom is -0.324 e. The molecule has 0 aliphatic rings. The number of aromatic amines is 1. The second-order valence-electron chi connectivity index (χ2n) is 5.99. The summed E-state index contributed by atoms with van der Waals surface area (Å²) in [6, 6.07) is 14.7. The zero-order valence-electron chi connectivity index (χ0n) is 13.6. The summed E-state index contributed by atoms with van der Waals surface area (Å²) in [5.74, 6) is -0.155. The zero-order valence-corrected chi connectivity index (χ0v) is 13.6. The molecular formula is C19H16N4O2. The zero-order chi connectivity index (χ0) is 17.4. The van der Waals surface area contributed by atoms with Gasteiger partial charge in [-0.25, -0.2) is 4.98 Å². The van der Waals surface area contributed by atoms with Gasteiger partial charge in [-0.05, 0) is 36.8 Å². The first-order valence-corrected chi connectivity index (χ1v) is 7.93. The number of nitrogens with one attached hydrogen (secondary N) is 2. The maximum atomic E-state index is 12.4. The average molecular weight is 332 g/mol. The van der Waals surface area contributed by atoms with E-state index in [2.05, 4.69) is 15.3 Å². The third kappa shape index (κ3) is 2.89. The van der Waals surface area contributed by atoms with Crippen LogP contribution in [0.5, 0.6) is 0 Å². The van der Waals surface area contributed by atoms with Crippen LogP contribution >= 0.6 is 0 Å². The Kier molecular flexibility index (Phi) is 3.57. The predicted octanol–water partition coefficient (Wildman–Crippen LogP) is 2.82. The molecule has 0 spiro atoms. The van der Waals surface area contributed by atoms with E-state index in [9.17, 15) is 9.59 Å². The Labute approximate surface area is 143 Å². The minimum atomic E-state index is -0.155. The van der Waals surface area contributed by atoms with Gasteiger partial charge in [0.1, 0.15) is 6.54 Å². The Morgan fingerprint density at radius 1 is 1.20 bits per heavy atom. The number of nitrogens with zero attached hydrogens (tertiary/aromatic N) is 2. The fourth-order valence-corrected chi connectivity index (χ4v) is 3.00. The van der Waals surface area contributed by atoms with Gasteiger partial charge < -0.3 is 14.9 Å². The van der Waals surface area contributed by atoms with Gasteiger partial charge in [-0.15, -0.1) is 0 Å². The molecular weight excluding hydrogens is 316 g/mol. The van der Waals surface area contributed by atoms with E-state index >= 15 is 0 Å². The molecule has 0 atom stereocenters. The van der Waals surface area contributed by atoms with E-state index in [1.165, 1.54) is 0 Å². The van der Waals surface area contributed by atoms with E-state index in [1.54, 1.807) is 23.0 Å². The van der Waals surface area contributed by atoms with Gasteiger partial charge in [0, 0.05) is 17.1 Å². The summed E-state index contributed by atoms with van der Waals surface area (Å²) < 4.78 is 1.80. The maximum absolute atomic E-state index is 12.4. The molecule has 2 aromatic heterocycles. The summed E-state index contributed by atoms with van der Waals surface area (Å²) in [5, 5.41) is 3.82. The molecule has 0 bridgehead atoms. The lowest BCUT2D eigenvalue weighted by Gasteiger charge is -2.08. The molecule has 4 aromatic rings. The van der Waals surface area contributed by atoms with Crippen LogP contribution < -0.4 is 10.9 Å². The first-order chi connectivity index (χ1) is 12.1. The van der Waals surface area contributed by atoms with Crippen molar-refractivity contribution in [1.29, 1.82) is 0 Å². The van der Waals surface area contributed by atoms with Gasteiger partial charge in [-0.1, -0.05) is 18.2 Å². The molecule has 6 heteroatoms. The number of hydrogen-bond acceptors (Lipinski definition) is 3. The molecule has 2 heterocycles. The molecule has 4 rings (SSSR count). The second-order valence-corrected chi connectivity index (χ2v) is 5.99. The number of H-pyrrole nitrogens is 1. The summed E-state index contributed by atoms with van der Waals surface area (Å²) in [7, 11) is 0. The topological polar surface area (TPSA) is 79.8 Å². The molecule has 0 saturated carbocycles. The number of carbonyl (C=O) groups is 1. The van der Waals surface area contributed by atoms with Gasteiger partial charge in [0.25, 0.3) is 0 Å². The van der Waals surface area contributed by atoms with Gasteiger partial charge in [-0.3, -0.25) is 9.59 Å². The van der Waals surface area contributed by atoms with Crippen molar-refractivity contribution in [3.05, 3.63) is 70.8 Å². The van der Waals surface area contributed by atoms with Crippen molar-refractivity contribution in [2.24, 2.45) is 0 Å². The van der Waals surface area contributed by atoms with Gasteiger partial charge in [-0.2, -0.15) is 0 Å². The number of aryl methyl sites for hydroxylation is 1. The van der Waals surface area contributed by atoms with Crippen LogP contribution in [-0.2, 0) is 11.3 Å². The monoisotopic (exact) mass is 332 g/mol. The quantitative estimate of drug-likeness (QED) is 0.605. The Morgan fingerprint density at radius 2 is 2.04 bits per heavy atom. The molecule has 124 valence electrons. The highest BCUT2D eigenvalue weighted by Gasteiger charge is 2.08. The predicted molar refractivity (Wildman–Crippen MR) is 97.7 cm³/mol. The number of rotatable bonds is 3. The van der Waals surface area contributed by atoms with Crippen molar-refractivity contribution in [2.75, 3.05) is 5.32 Å². The van der Waals surface area contributed by atoms with Crippen LogP contribution in [0.4, 0.5) is 5.69 Å². The number of fused-ring (bicyclic) bond motifs is 2. The van der Waals surface area contributed by atoms with Crippen molar-refractivity contribution >= 4 is 33.5 Å². The van der Waals surface area contributed by atoms with E-state index in [-0.39, 0.29) is 18.0 Å². The second kappa shape index (κ2) is 5.90. The van der Waals surface area contributed by atoms with E-state index in [4.69, 9.17) is 0 Å². The van der Waals surface area contributed by atoms with Crippen molar-refractivity contribution in [1.82, 2.24) is 14.5 Å². The first kappa shape index (κ1) is 15.1. The fourth-order valence-electron chi connectivity index (χ4n) is 3.00. The van der Waals surface area contributed by atoms with E-state index in [0.29, 0.717) is 11.2 Å². The summed E-state index contributed by atoms with van der Waals surface area (Å²) >= 11 is 0. The van der Waals surface area contributed by atoms with Crippen LogP contribution in [0.2, 0.25) is 0 Å². The molecule has 0 aliphatic carbocycles. The highest BCUT2D eigenvalue weighted by atomic mass is 16.2. The van der Waals surface area contributed by atoms with Crippen LogP contribution in [0.15, 0.2) is 59.7 Å². The molecule has 2 N–H and O–H groups in total. The lowest BCUT2D eigenvalue weighted by atomic mass is 10.1. The van der Waals surface area contributed by atoms with Crippen LogP contribution in [0, 0.1) is 6.92 Å². The highest BCUT2D eigenvalue weighted by molar-refractivity contribution is 5.94. The molecule has 2 aromatic carbocycles. The van der Waals surface area contributed by atoms with Gasteiger partial charge in [0.2, 0.25) is 11.5 Å². The molecule has 0 fully saturated rings. The third-order valence-corrected chi connectivity index (χ3v) is 4.17. The van der Waals surface area contributed by atoms with Gasteiger partial charge in [0.05, 0.1) is 22.9 Å². The molecule has 6 nitrogen and oxygen atoms in total. The molecule has 1 amide bonds. The number of para-hydroxylation sites is 2. The number of pyridine rings is 1. The number of hydrogen-bond donors (Lipinski definition) is 2. The Bertz CT molecular complexity index is 1160. The van der Waals surface area contributed by atoms with Crippen molar-refractivity contribution in [2.45, 2.75) is 13.5 Å². The van der Waals surface area contributed by atoms with Crippen LogP contribution in [0.3, 0.4) is 0 Å². The largest absolute Gasteiger partial charge is 0.324 e. The lowest BCUT2D eigenvalue weighted by molar-refractivity contribution is -0.116.